The van der Waals surface area contributed by atoms with Gasteiger partial charge in [-0.15, -0.1) is 0 Å². The molecule has 0 radical (unpaired) electrons. The molecule has 23 heavy (non-hydrogen) atoms. The Labute approximate surface area is 133 Å². The van der Waals surface area contributed by atoms with Gasteiger partial charge in [-0.3, -0.25) is 9.59 Å². The van der Waals surface area contributed by atoms with Crippen LogP contribution in [0.1, 0.15) is 15.9 Å². The van der Waals surface area contributed by atoms with Crippen LogP contribution in [0.15, 0.2) is 54.6 Å². The van der Waals surface area contributed by atoms with E-state index in [9.17, 15) is 19.1 Å². The third-order valence-electron chi connectivity index (χ3n) is 3.22. The molecule has 2 amide bonds. The van der Waals surface area contributed by atoms with E-state index in [1.807, 2.05) is 0 Å². The highest BCUT2D eigenvalue weighted by Crippen LogP contribution is 2.03. The van der Waals surface area contributed by atoms with Crippen LogP contribution in [0.2, 0.25) is 0 Å². The van der Waals surface area contributed by atoms with Crippen molar-refractivity contribution in [3.8, 4) is 0 Å². The number of amides is 2. The van der Waals surface area contributed by atoms with Gasteiger partial charge in [0, 0.05) is 12.1 Å². The lowest BCUT2D eigenvalue weighted by Gasteiger charge is -2.16. The first-order valence-corrected chi connectivity index (χ1v) is 7.09. The van der Waals surface area contributed by atoms with Crippen LogP contribution in [-0.2, 0) is 11.3 Å². The number of halogens is 1. The third kappa shape index (κ3) is 4.89. The lowest BCUT2D eigenvalue weighted by atomic mass is 10.2. The Morgan fingerprint density at radius 1 is 1.04 bits per heavy atom. The molecule has 2 rings (SSSR count). The summed E-state index contributed by atoms with van der Waals surface area (Å²) < 4.78 is 12.8. The van der Waals surface area contributed by atoms with Crippen molar-refractivity contribution < 1.29 is 19.1 Å². The van der Waals surface area contributed by atoms with Crippen molar-refractivity contribution in [3.05, 3.63) is 71.5 Å². The predicted octanol–water partition coefficient (Wildman–Crippen LogP) is 1.23. The van der Waals surface area contributed by atoms with Gasteiger partial charge in [0.05, 0.1) is 6.61 Å². The number of aliphatic hydroxyl groups is 1. The van der Waals surface area contributed by atoms with Gasteiger partial charge in [-0.2, -0.15) is 0 Å². The van der Waals surface area contributed by atoms with E-state index < -0.39 is 24.5 Å². The first-order chi connectivity index (χ1) is 11.1. The van der Waals surface area contributed by atoms with Crippen LogP contribution in [-0.4, -0.2) is 29.6 Å². The summed E-state index contributed by atoms with van der Waals surface area (Å²) in [6, 6.07) is 13.0. The molecule has 1 atom stereocenters. The van der Waals surface area contributed by atoms with Crippen LogP contribution in [0.5, 0.6) is 0 Å². The van der Waals surface area contributed by atoms with Gasteiger partial charge in [-0.25, -0.2) is 4.39 Å². The molecule has 0 aliphatic carbocycles. The van der Waals surface area contributed by atoms with Gasteiger partial charge in [0.1, 0.15) is 11.9 Å². The van der Waals surface area contributed by atoms with Gasteiger partial charge in [-0.1, -0.05) is 30.3 Å². The maximum absolute atomic E-state index is 12.8. The fourth-order valence-electron chi connectivity index (χ4n) is 1.94. The minimum Gasteiger partial charge on any atom is -0.394 e. The zero-order valence-electron chi connectivity index (χ0n) is 12.3. The predicted molar refractivity (Wildman–Crippen MR) is 83.0 cm³/mol. The van der Waals surface area contributed by atoms with E-state index in [2.05, 4.69) is 10.6 Å². The molecule has 6 heteroatoms. The number of carbonyl (C=O) groups excluding carboxylic acids is 2. The first kappa shape index (κ1) is 16.6. The number of nitrogens with one attached hydrogen (secondary N) is 2. The van der Waals surface area contributed by atoms with E-state index >= 15 is 0 Å². The Morgan fingerprint density at radius 3 is 2.30 bits per heavy atom. The zero-order valence-corrected chi connectivity index (χ0v) is 12.3. The molecule has 0 saturated carbocycles. The summed E-state index contributed by atoms with van der Waals surface area (Å²) in [6.07, 6.45) is 0. The van der Waals surface area contributed by atoms with Gasteiger partial charge in [0.25, 0.3) is 5.91 Å². The molecule has 0 aliphatic heterocycles. The molecule has 1 unspecified atom stereocenters. The standard InChI is InChI=1S/C17H17FN2O3/c18-14-8-6-12(7-9-14)10-19-17(23)15(11-21)20-16(22)13-4-2-1-3-5-13/h1-9,15,21H,10-11H2,(H,19,23)(H,20,22). The van der Waals surface area contributed by atoms with Gasteiger partial charge in [0.15, 0.2) is 0 Å². The molecule has 0 aromatic heterocycles. The van der Waals surface area contributed by atoms with E-state index in [0.29, 0.717) is 11.1 Å². The quantitative estimate of drug-likeness (QED) is 0.750. The highest BCUT2D eigenvalue weighted by atomic mass is 19.1. The Hall–Kier alpha value is -2.73. The molecule has 0 aliphatic rings. The van der Waals surface area contributed by atoms with Gasteiger partial charge >= 0.3 is 0 Å². The monoisotopic (exact) mass is 316 g/mol. The fraction of sp³-hybridized carbons (Fsp3) is 0.176. The number of hydrogen-bond donors (Lipinski definition) is 3. The van der Waals surface area contributed by atoms with Crippen LogP contribution in [0, 0.1) is 5.82 Å². The number of hydrogen-bond acceptors (Lipinski definition) is 3. The summed E-state index contributed by atoms with van der Waals surface area (Å²) in [4.78, 5) is 24.0. The second-order valence-electron chi connectivity index (χ2n) is 4.92. The minimum absolute atomic E-state index is 0.177. The summed E-state index contributed by atoms with van der Waals surface area (Å²) >= 11 is 0. The largest absolute Gasteiger partial charge is 0.394 e. The Balaban J connectivity index is 1.90. The maximum Gasteiger partial charge on any atom is 0.251 e. The van der Waals surface area contributed by atoms with Crippen LogP contribution in [0.3, 0.4) is 0 Å². The van der Waals surface area contributed by atoms with Crippen molar-refractivity contribution in [3.63, 3.8) is 0 Å². The average Bonchev–Trinajstić information content (AvgIpc) is 2.59. The van der Waals surface area contributed by atoms with Crippen molar-refractivity contribution in [2.45, 2.75) is 12.6 Å². The van der Waals surface area contributed by atoms with Crippen molar-refractivity contribution >= 4 is 11.8 Å². The second kappa shape index (κ2) is 8.05. The Bertz CT molecular complexity index is 659. The van der Waals surface area contributed by atoms with Gasteiger partial charge in [-0.05, 0) is 29.8 Å². The second-order valence-corrected chi connectivity index (χ2v) is 4.92. The topological polar surface area (TPSA) is 78.4 Å². The normalized spacial score (nSPS) is 11.6. The van der Waals surface area contributed by atoms with Crippen LogP contribution in [0.25, 0.3) is 0 Å². The van der Waals surface area contributed by atoms with Crippen molar-refractivity contribution in [1.82, 2.24) is 10.6 Å². The number of carbonyl (C=O) groups is 2. The molecule has 0 bridgehead atoms. The SMILES string of the molecule is O=C(NC(CO)C(=O)NCc1ccc(F)cc1)c1ccccc1. The third-order valence-corrected chi connectivity index (χ3v) is 3.22. The summed E-state index contributed by atoms with van der Waals surface area (Å²) in [5.74, 6) is -1.31. The molecule has 5 nitrogen and oxygen atoms in total. The van der Waals surface area contributed by atoms with E-state index in [0.717, 1.165) is 0 Å². The molecule has 3 N–H and O–H groups in total. The zero-order chi connectivity index (χ0) is 16.7. The van der Waals surface area contributed by atoms with E-state index in [4.69, 9.17) is 0 Å². The van der Waals surface area contributed by atoms with E-state index in [1.54, 1.807) is 42.5 Å². The maximum atomic E-state index is 12.8. The summed E-state index contributed by atoms with van der Waals surface area (Å²) in [6.45, 7) is -0.343. The molecule has 0 spiro atoms. The molecule has 2 aromatic carbocycles. The van der Waals surface area contributed by atoms with Gasteiger partial charge < -0.3 is 15.7 Å². The highest BCUT2D eigenvalue weighted by Gasteiger charge is 2.20. The van der Waals surface area contributed by atoms with Crippen LogP contribution >= 0.6 is 0 Å². The highest BCUT2D eigenvalue weighted by molar-refractivity contribution is 5.97. The number of aliphatic hydroxyl groups excluding tert-OH is 1. The van der Waals surface area contributed by atoms with Gasteiger partial charge in [0.2, 0.25) is 5.91 Å². The summed E-state index contributed by atoms with van der Waals surface area (Å²) in [5.41, 5.74) is 1.11. The van der Waals surface area contributed by atoms with Crippen molar-refractivity contribution in [2.75, 3.05) is 6.61 Å². The molecule has 0 saturated heterocycles. The smallest absolute Gasteiger partial charge is 0.251 e. The molecular weight excluding hydrogens is 299 g/mol. The minimum atomic E-state index is -1.05. The Kier molecular flexibility index (Phi) is 5.82. The van der Waals surface area contributed by atoms with Crippen molar-refractivity contribution in [1.29, 1.82) is 0 Å². The number of benzene rings is 2. The fourth-order valence-corrected chi connectivity index (χ4v) is 1.94. The lowest BCUT2D eigenvalue weighted by molar-refractivity contribution is -0.124. The lowest BCUT2D eigenvalue weighted by Crippen LogP contribution is -2.48. The first-order valence-electron chi connectivity index (χ1n) is 7.09. The molecule has 2 aromatic rings. The molecular formula is C17H17FN2O3. The molecule has 120 valence electrons. The average molecular weight is 316 g/mol. The molecule has 0 fully saturated rings. The molecule has 0 heterocycles. The van der Waals surface area contributed by atoms with E-state index in [-0.39, 0.29) is 12.4 Å². The van der Waals surface area contributed by atoms with Crippen LogP contribution in [0.4, 0.5) is 4.39 Å². The van der Waals surface area contributed by atoms with Crippen molar-refractivity contribution in [2.24, 2.45) is 0 Å². The number of rotatable bonds is 6. The van der Waals surface area contributed by atoms with Crippen LogP contribution < -0.4 is 10.6 Å². The van der Waals surface area contributed by atoms with E-state index in [1.165, 1.54) is 12.1 Å². The summed E-state index contributed by atoms with van der Waals surface area (Å²) in [5, 5.41) is 14.4. The summed E-state index contributed by atoms with van der Waals surface area (Å²) in [7, 11) is 0. The Morgan fingerprint density at radius 2 is 1.70 bits per heavy atom.